The van der Waals surface area contributed by atoms with Gasteiger partial charge in [0.1, 0.15) is 0 Å². The summed E-state index contributed by atoms with van der Waals surface area (Å²) in [5.74, 6) is 0. The van der Waals surface area contributed by atoms with Gasteiger partial charge in [0, 0.05) is 0 Å². The van der Waals surface area contributed by atoms with Gasteiger partial charge in [-0.3, -0.25) is 0 Å². The molecule has 0 radical (unpaired) electrons. The van der Waals surface area contributed by atoms with E-state index in [0.29, 0.717) is 0 Å². The van der Waals surface area contributed by atoms with Gasteiger partial charge >= 0.3 is 0 Å². The predicted molar refractivity (Wildman–Crippen MR) is 66.2 cm³/mol. The van der Waals surface area contributed by atoms with Crippen LogP contribution in [0.4, 0.5) is 0 Å². The van der Waals surface area contributed by atoms with E-state index in [-0.39, 0.29) is 51.3 Å². The lowest BCUT2D eigenvalue weighted by atomic mass is 9.98. The van der Waals surface area contributed by atoms with E-state index in [0.717, 1.165) is 0 Å². The SMILES string of the molecule is [2H]c1c([2H])c([2H])c2c(c1[2H])c([2H])c(C)c1c([2H])c([2H])c([2H])c([2H])c12. The normalized spacial score (nSPS) is 19.4. The first-order chi connectivity index (χ1) is 11.1. The van der Waals surface area contributed by atoms with Crippen LogP contribution in [0.15, 0.2) is 54.4 Å². The molecule has 0 fully saturated rings. The van der Waals surface area contributed by atoms with E-state index < -0.39 is 30.2 Å². The quantitative estimate of drug-likeness (QED) is 0.476. The Bertz CT molecular complexity index is 969. The third-order valence-corrected chi connectivity index (χ3v) is 2.31. The lowest BCUT2D eigenvalue weighted by Gasteiger charge is -2.06. The number of hydrogen-bond donors (Lipinski definition) is 0. The third-order valence-electron chi connectivity index (χ3n) is 2.31. The summed E-state index contributed by atoms with van der Waals surface area (Å²) in [5, 5.41) is 0.0645. The van der Waals surface area contributed by atoms with Crippen molar-refractivity contribution in [2.75, 3.05) is 0 Å². The van der Waals surface area contributed by atoms with Crippen molar-refractivity contribution in [2.24, 2.45) is 0 Å². The molecule has 0 saturated carbocycles. The van der Waals surface area contributed by atoms with Gasteiger partial charge in [-0.05, 0) is 34.0 Å². The molecule has 0 heterocycles. The van der Waals surface area contributed by atoms with Crippen LogP contribution in [0.3, 0.4) is 0 Å². The van der Waals surface area contributed by atoms with Gasteiger partial charge in [0.25, 0.3) is 0 Å². The van der Waals surface area contributed by atoms with Crippen LogP contribution in [-0.4, -0.2) is 0 Å². The first-order valence-electron chi connectivity index (χ1n) is 9.00. The Balaban J connectivity index is 2.87. The predicted octanol–water partition coefficient (Wildman–Crippen LogP) is 4.30. The Morgan fingerprint density at radius 2 is 1.40 bits per heavy atom. The van der Waals surface area contributed by atoms with Crippen molar-refractivity contribution < 1.29 is 12.3 Å². The minimum Gasteiger partial charge on any atom is -0.0616 e. The Kier molecular flexibility index (Phi) is 0.690. The summed E-state index contributed by atoms with van der Waals surface area (Å²) in [7, 11) is 0. The lowest BCUT2D eigenvalue weighted by Crippen LogP contribution is -1.81. The molecule has 3 aromatic rings. The van der Waals surface area contributed by atoms with Gasteiger partial charge < -0.3 is 0 Å². The number of aryl methyl sites for hydroxylation is 1. The Labute approximate surface area is 102 Å². The van der Waals surface area contributed by atoms with E-state index in [9.17, 15) is 0 Å². The maximum Gasteiger partial charge on any atom is 0.0632 e. The van der Waals surface area contributed by atoms with E-state index in [1.807, 2.05) is 0 Å². The highest BCUT2D eigenvalue weighted by atomic mass is 14.1. The van der Waals surface area contributed by atoms with Crippen LogP contribution >= 0.6 is 0 Å². The van der Waals surface area contributed by atoms with Gasteiger partial charge in [0.05, 0.1) is 12.3 Å². The first-order valence-corrected chi connectivity index (χ1v) is 4.50. The summed E-state index contributed by atoms with van der Waals surface area (Å²) < 4.78 is 72.0. The van der Waals surface area contributed by atoms with Crippen molar-refractivity contribution in [2.45, 2.75) is 6.92 Å². The molecular formula is C15H12. The molecule has 0 aliphatic heterocycles. The Hall–Kier alpha value is -1.82. The van der Waals surface area contributed by atoms with E-state index in [4.69, 9.17) is 12.3 Å². The molecule has 3 aromatic carbocycles. The van der Waals surface area contributed by atoms with Gasteiger partial charge in [0.2, 0.25) is 0 Å². The fraction of sp³-hybridized carbons (Fsp3) is 0.0667. The molecule has 0 aliphatic carbocycles. The summed E-state index contributed by atoms with van der Waals surface area (Å²) in [5.41, 5.74) is 0.259. The highest BCUT2D eigenvalue weighted by Gasteiger charge is 2.01. The molecule has 0 spiro atoms. The highest BCUT2D eigenvalue weighted by Crippen LogP contribution is 2.27. The topological polar surface area (TPSA) is 0 Å². The second-order valence-electron chi connectivity index (χ2n) is 3.25. The molecule has 72 valence electrons. The summed E-state index contributed by atoms with van der Waals surface area (Å²) in [6, 6.07) is -3.51. The van der Waals surface area contributed by atoms with Crippen LogP contribution in [0, 0.1) is 6.92 Å². The fourth-order valence-corrected chi connectivity index (χ4v) is 1.62. The molecule has 0 heteroatoms. The zero-order valence-corrected chi connectivity index (χ0v) is 8.00. The fourth-order valence-electron chi connectivity index (χ4n) is 1.62. The molecular weight excluding hydrogens is 180 g/mol. The van der Waals surface area contributed by atoms with E-state index >= 15 is 0 Å². The maximum atomic E-state index is 8.27. The van der Waals surface area contributed by atoms with Gasteiger partial charge in [-0.15, -0.1) is 0 Å². The molecule has 3 rings (SSSR count). The van der Waals surface area contributed by atoms with Crippen molar-refractivity contribution in [1.82, 2.24) is 0 Å². The second-order valence-corrected chi connectivity index (χ2v) is 3.25. The van der Waals surface area contributed by atoms with Gasteiger partial charge in [-0.25, -0.2) is 0 Å². The van der Waals surface area contributed by atoms with Crippen LogP contribution < -0.4 is 0 Å². The molecule has 0 saturated heterocycles. The molecule has 0 N–H and O–H groups in total. The first kappa shape index (κ1) is 3.34. The average Bonchev–Trinajstić information content (AvgIpc) is 2.56. The third kappa shape index (κ3) is 1.22. The zero-order valence-electron chi connectivity index (χ0n) is 17.0. The number of benzene rings is 3. The van der Waals surface area contributed by atoms with Gasteiger partial charge in [-0.2, -0.15) is 0 Å². The van der Waals surface area contributed by atoms with Crippen molar-refractivity contribution in [3.8, 4) is 0 Å². The summed E-state index contributed by atoms with van der Waals surface area (Å²) in [6.07, 6.45) is 0. The van der Waals surface area contributed by atoms with E-state index in [2.05, 4.69) is 0 Å². The summed E-state index contributed by atoms with van der Waals surface area (Å²) >= 11 is 0. The molecule has 0 nitrogen and oxygen atoms in total. The minimum atomic E-state index is -0.496. The number of hydrogen-bond acceptors (Lipinski definition) is 0. The van der Waals surface area contributed by atoms with Gasteiger partial charge in [0.15, 0.2) is 0 Å². The monoisotopic (exact) mass is 201 g/mol. The Morgan fingerprint density at radius 3 is 2.20 bits per heavy atom. The van der Waals surface area contributed by atoms with E-state index in [1.54, 1.807) is 0 Å². The molecule has 0 unspecified atom stereocenters. The number of rotatable bonds is 0. The van der Waals surface area contributed by atoms with Crippen molar-refractivity contribution in [1.29, 1.82) is 0 Å². The van der Waals surface area contributed by atoms with Crippen LogP contribution in [0.25, 0.3) is 21.5 Å². The largest absolute Gasteiger partial charge is 0.0632 e. The molecule has 0 bridgehead atoms. The van der Waals surface area contributed by atoms with Crippen molar-refractivity contribution in [3.63, 3.8) is 0 Å². The van der Waals surface area contributed by atoms with Crippen LogP contribution in [-0.2, 0) is 0 Å². The average molecular weight is 201 g/mol. The highest BCUT2D eigenvalue weighted by molar-refractivity contribution is 6.08. The zero-order chi connectivity index (χ0) is 18.1. The number of fused-ring (bicyclic) bond motifs is 3. The van der Waals surface area contributed by atoms with Gasteiger partial charge in [-0.1, -0.05) is 54.4 Å². The maximum absolute atomic E-state index is 8.27. The van der Waals surface area contributed by atoms with Crippen LogP contribution in [0.5, 0.6) is 0 Å². The van der Waals surface area contributed by atoms with Crippen molar-refractivity contribution >= 4 is 21.5 Å². The lowest BCUT2D eigenvalue weighted by molar-refractivity contribution is 1.56. The van der Waals surface area contributed by atoms with Crippen LogP contribution in [0.2, 0.25) is 0 Å². The molecule has 0 amide bonds. The summed E-state index contributed by atoms with van der Waals surface area (Å²) in [6.45, 7) is 1.52. The van der Waals surface area contributed by atoms with E-state index in [1.165, 1.54) is 6.92 Å². The molecule has 0 atom stereocenters. The van der Waals surface area contributed by atoms with Crippen molar-refractivity contribution in [3.05, 3.63) is 59.9 Å². The summed E-state index contributed by atoms with van der Waals surface area (Å²) in [4.78, 5) is 0. The Morgan fingerprint density at radius 1 is 0.800 bits per heavy atom. The standard InChI is InChI=1S/C15H12/c1-11-10-12-6-2-3-8-14(12)15-9-5-4-7-13(11)15/h2-10H,1H3/i2D,3D,4D,5D,6D,7D,8D,9D,10D. The smallest absolute Gasteiger partial charge is 0.0616 e. The second kappa shape index (κ2) is 3.09. The molecule has 15 heavy (non-hydrogen) atoms. The minimum absolute atomic E-state index is 0.0245. The molecule has 0 aliphatic rings. The molecule has 0 aromatic heterocycles. The van der Waals surface area contributed by atoms with Crippen LogP contribution in [0.1, 0.15) is 17.9 Å².